The van der Waals surface area contributed by atoms with Gasteiger partial charge in [0.15, 0.2) is 0 Å². The number of benzene rings is 2. The van der Waals surface area contributed by atoms with E-state index in [0.717, 1.165) is 20.9 Å². The number of nitro groups is 1. The number of aromatic nitrogens is 1. The number of amides is 1. The highest BCUT2D eigenvalue weighted by atomic mass is 32.1. The van der Waals surface area contributed by atoms with Crippen molar-refractivity contribution in [3.05, 3.63) is 69.7 Å². The minimum Gasteiger partial charge on any atom is -0.368 e. The third-order valence-electron chi connectivity index (χ3n) is 4.70. The highest BCUT2D eigenvalue weighted by molar-refractivity contribution is 7.19. The Balaban J connectivity index is 1.35. The Bertz CT molecular complexity index is 1000. The average molecular weight is 394 g/mol. The monoisotopic (exact) mass is 394 g/mol. The molecule has 0 saturated carbocycles. The number of rotatable bonds is 4. The van der Waals surface area contributed by atoms with E-state index in [-0.39, 0.29) is 11.6 Å². The maximum atomic E-state index is 12.5. The Morgan fingerprint density at radius 1 is 1.07 bits per heavy atom. The predicted molar refractivity (Wildman–Crippen MR) is 111 cm³/mol. The normalized spacial score (nSPS) is 14.7. The predicted octanol–water partition coefficient (Wildman–Crippen LogP) is 3.57. The van der Waals surface area contributed by atoms with Gasteiger partial charge in [-0.05, 0) is 30.3 Å². The summed E-state index contributed by atoms with van der Waals surface area (Å²) >= 11 is 1.56. The van der Waals surface area contributed by atoms with Crippen LogP contribution in [0, 0.1) is 10.1 Å². The second-order valence-corrected chi connectivity index (χ2v) is 7.50. The Morgan fingerprint density at radius 3 is 2.46 bits per heavy atom. The minimum atomic E-state index is -0.405. The molecule has 1 aliphatic heterocycles. The summed E-state index contributed by atoms with van der Waals surface area (Å²) in [5.74, 6) is -0.0254. The van der Waals surface area contributed by atoms with Crippen molar-refractivity contribution in [2.24, 2.45) is 0 Å². The topological polar surface area (TPSA) is 79.6 Å². The van der Waals surface area contributed by atoms with Gasteiger partial charge >= 0.3 is 0 Å². The largest absolute Gasteiger partial charge is 0.368 e. The molecule has 0 unspecified atom stereocenters. The van der Waals surface area contributed by atoms with Crippen molar-refractivity contribution in [1.82, 2.24) is 9.88 Å². The van der Waals surface area contributed by atoms with E-state index >= 15 is 0 Å². The molecule has 8 heteroatoms. The molecule has 1 aliphatic rings. The van der Waals surface area contributed by atoms with Crippen LogP contribution in [0.5, 0.6) is 0 Å². The number of hydrogen-bond donors (Lipinski definition) is 0. The number of thiazole rings is 1. The first kappa shape index (κ1) is 18.1. The van der Waals surface area contributed by atoms with E-state index in [1.165, 1.54) is 12.1 Å². The Morgan fingerprint density at radius 2 is 1.79 bits per heavy atom. The van der Waals surface area contributed by atoms with E-state index in [0.29, 0.717) is 26.2 Å². The average Bonchev–Trinajstić information content (AvgIpc) is 3.15. The van der Waals surface area contributed by atoms with Crippen LogP contribution in [-0.2, 0) is 4.79 Å². The summed E-state index contributed by atoms with van der Waals surface area (Å²) < 4.78 is 1.10. The fourth-order valence-electron chi connectivity index (χ4n) is 3.18. The third kappa shape index (κ3) is 3.86. The summed E-state index contributed by atoms with van der Waals surface area (Å²) in [5.41, 5.74) is 1.96. The van der Waals surface area contributed by atoms with Crippen LogP contribution in [0.15, 0.2) is 54.6 Å². The summed E-state index contributed by atoms with van der Waals surface area (Å²) in [6.45, 7) is 2.61. The first-order chi connectivity index (χ1) is 13.6. The van der Waals surface area contributed by atoms with Gasteiger partial charge in [0.05, 0.1) is 15.1 Å². The summed E-state index contributed by atoms with van der Waals surface area (Å²) in [6.07, 6.45) is 3.36. The lowest BCUT2D eigenvalue weighted by molar-refractivity contribution is -0.384. The van der Waals surface area contributed by atoms with Gasteiger partial charge in [0.2, 0.25) is 5.91 Å². The van der Waals surface area contributed by atoms with E-state index in [4.69, 9.17) is 0 Å². The zero-order valence-electron chi connectivity index (χ0n) is 15.0. The zero-order chi connectivity index (χ0) is 19.5. The lowest BCUT2D eigenvalue weighted by Crippen LogP contribution is -2.48. The van der Waals surface area contributed by atoms with Crippen molar-refractivity contribution in [3.63, 3.8) is 0 Å². The van der Waals surface area contributed by atoms with E-state index < -0.39 is 4.92 Å². The van der Waals surface area contributed by atoms with Gasteiger partial charge in [0, 0.05) is 50.1 Å². The van der Waals surface area contributed by atoms with Crippen LogP contribution < -0.4 is 4.90 Å². The fourth-order valence-corrected chi connectivity index (χ4v) is 4.05. The number of carbonyl (C=O) groups excluding carboxylic acids is 1. The van der Waals surface area contributed by atoms with Crippen molar-refractivity contribution in [3.8, 4) is 0 Å². The lowest BCUT2D eigenvalue weighted by atomic mass is 10.2. The number of nitrogens with zero attached hydrogens (tertiary/aromatic N) is 4. The zero-order valence-corrected chi connectivity index (χ0v) is 15.8. The number of non-ortho nitro benzene ring substituents is 1. The van der Waals surface area contributed by atoms with Crippen LogP contribution in [0.1, 0.15) is 5.01 Å². The number of anilines is 1. The number of para-hydroxylation sites is 1. The van der Waals surface area contributed by atoms with Crippen LogP contribution in [0.3, 0.4) is 0 Å². The van der Waals surface area contributed by atoms with Crippen LogP contribution in [-0.4, -0.2) is 46.9 Å². The molecule has 1 aromatic heterocycles. The maximum Gasteiger partial charge on any atom is 0.269 e. The molecule has 0 radical (unpaired) electrons. The summed E-state index contributed by atoms with van der Waals surface area (Å²) in [5, 5.41) is 11.6. The fraction of sp³-hybridized carbons (Fsp3) is 0.200. The quantitative estimate of drug-likeness (QED) is 0.384. The molecule has 142 valence electrons. The second kappa shape index (κ2) is 7.77. The molecule has 1 amide bonds. The lowest BCUT2D eigenvalue weighted by Gasteiger charge is -2.35. The highest BCUT2D eigenvalue weighted by Gasteiger charge is 2.20. The SMILES string of the molecule is O=C(C=Cc1nc2ccccc2s1)N1CCN(c2ccc([N+](=O)[O-])cc2)CC1. The number of piperazine rings is 1. The maximum absolute atomic E-state index is 12.5. The first-order valence-corrected chi connectivity index (χ1v) is 9.74. The molecule has 1 fully saturated rings. The number of fused-ring (bicyclic) bond motifs is 1. The van der Waals surface area contributed by atoms with E-state index in [1.807, 2.05) is 29.2 Å². The third-order valence-corrected chi connectivity index (χ3v) is 5.70. The molecule has 2 aromatic carbocycles. The number of hydrogen-bond acceptors (Lipinski definition) is 6. The summed E-state index contributed by atoms with van der Waals surface area (Å²) in [6, 6.07) is 14.4. The molecule has 28 heavy (non-hydrogen) atoms. The molecular formula is C20H18N4O3S. The van der Waals surface area contributed by atoms with Gasteiger partial charge < -0.3 is 9.80 Å². The molecule has 0 atom stereocenters. The van der Waals surface area contributed by atoms with Crippen LogP contribution in [0.25, 0.3) is 16.3 Å². The van der Waals surface area contributed by atoms with Crippen LogP contribution in [0.4, 0.5) is 11.4 Å². The first-order valence-electron chi connectivity index (χ1n) is 8.92. The van der Waals surface area contributed by atoms with Gasteiger partial charge in [0.25, 0.3) is 5.69 Å². The van der Waals surface area contributed by atoms with Crippen molar-refractivity contribution in [1.29, 1.82) is 0 Å². The van der Waals surface area contributed by atoms with E-state index in [9.17, 15) is 14.9 Å². The number of carbonyl (C=O) groups is 1. The molecule has 4 rings (SSSR count). The second-order valence-electron chi connectivity index (χ2n) is 6.44. The van der Waals surface area contributed by atoms with Gasteiger partial charge in [-0.2, -0.15) is 0 Å². The molecule has 3 aromatic rings. The van der Waals surface area contributed by atoms with Gasteiger partial charge in [-0.3, -0.25) is 14.9 Å². The minimum absolute atomic E-state index is 0.0254. The summed E-state index contributed by atoms with van der Waals surface area (Å²) in [7, 11) is 0. The number of nitro benzene ring substituents is 1. The standard InChI is InChI=1S/C20H18N4O3S/c25-20(10-9-19-21-17-3-1-2-4-18(17)28-19)23-13-11-22(12-14-23)15-5-7-16(8-6-15)24(26)27/h1-10H,11-14H2. The molecule has 7 nitrogen and oxygen atoms in total. The van der Waals surface area contributed by atoms with Crippen molar-refractivity contribution < 1.29 is 9.72 Å². The van der Waals surface area contributed by atoms with Crippen LogP contribution >= 0.6 is 11.3 Å². The Hall–Kier alpha value is -3.26. The van der Waals surface area contributed by atoms with E-state index in [2.05, 4.69) is 9.88 Å². The molecule has 2 heterocycles. The van der Waals surface area contributed by atoms with Crippen LogP contribution in [0.2, 0.25) is 0 Å². The van der Waals surface area contributed by atoms with E-state index in [1.54, 1.807) is 35.6 Å². The molecule has 1 saturated heterocycles. The van der Waals surface area contributed by atoms with Crippen molar-refractivity contribution in [2.75, 3.05) is 31.1 Å². The van der Waals surface area contributed by atoms with Crippen molar-refractivity contribution in [2.45, 2.75) is 0 Å². The molecule has 0 bridgehead atoms. The summed E-state index contributed by atoms with van der Waals surface area (Å²) in [4.78, 5) is 31.3. The Labute approximate surface area is 165 Å². The van der Waals surface area contributed by atoms with Crippen molar-refractivity contribution >= 4 is 44.9 Å². The molecule has 0 N–H and O–H groups in total. The smallest absolute Gasteiger partial charge is 0.269 e. The molecule has 0 spiro atoms. The Kier molecular flexibility index (Phi) is 5.03. The molecular weight excluding hydrogens is 376 g/mol. The van der Waals surface area contributed by atoms with Gasteiger partial charge in [-0.15, -0.1) is 11.3 Å². The van der Waals surface area contributed by atoms with Gasteiger partial charge in [0.1, 0.15) is 5.01 Å². The van der Waals surface area contributed by atoms with Gasteiger partial charge in [-0.25, -0.2) is 4.98 Å². The van der Waals surface area contributed by atoms with Gasteiger partial charge in [-0.1, -0.05) is 12.1 Å². The molecule has 0 aliphatic carbocycles. The highest BCUT2D eigenvalue weighted by Crippen LogP contribution is 2.23.